The molecule has 2 heterocycles. The quantitative estimate of drug-likeness (QED) is 0.849. The molecule has 1 saturated heterocycles. The lowest BCUT2D eigenvalue weighted by Gasteiger charge is -2.33. The molecule has 7 nitrogen and oxygen atoms in total. The van der Waals surface area contributed by atoms with Gasteiger partial charge in [0.15, 0.2) is 0 Å². The number of rotatable bonds is 5. The zero-order chi connectivity index (χ0) is 19.1. The summed E-state index contributed by atoms with van der Waals surface area (Å²) >= 11 is 0. The van der Waals surface area contributed by atoms with Gasteiger partial charge in [0.2, 0.25) is 0 Å². The van der Waals surface area contributed by atoms with Crippen molar-refractivity contribution in [1.82, 2.24) is 15.6 Å². The van der Waals surface area contributed by atoms with E-state index in [9.17, 15) is 4.79 Å². The van der Waals surface area contributed by atoms with Crippen LogP contribution in [-0.4, -0.2) is 37.3 Å². The Hall–Kier alpha value is -3.27. The Morgan fingerprint density at radius 3 is 2.74 bits per heavy atom. The molecule has 1 aromatic carbocycles. The zero-order valence-corrected chi connectivity index (χ0v) is 15.3. The van der Waals surface area contributed by atoms with Gasteiger partial charge in [-0.15, -0.1) is 0 Å². The number of amides is 2. The average molecular weight is 365 g/mol. The maximum absolute atomic E-state index is 12.2. The van der Waals surface area contributed by atoms with E-state index in [2.05, 4.69) is 26.6 Å². The zero-order valence-electron chi connectivity index (χ0n) is 15.3. The number of piperidine rings is 1. The molecule has 1 aromatic heterocycles. The second kappa shape index (κ2) is 8.90. The summed E-state index contributed by atoms with van der Waals surface area (Å²) in [6.45, 7) is 2.05. The molecule has 2 aromatic rings. The van der Waals surface area contributed by atoms with Gasteiger partial charge in [-0.1, -0.05) is 18.2 Å². The lowest BCUT2D eigenvalue weighted by Crippen LogP contribution is -2.48. The first kappa shape index (κ1) is 18.5. The number of benzene rings is 1. The molecule has 0 unspecified atom stereocenters. The Morgan fingerprint density at radius 2 is 2.07 bits per heavy atom. The summed E-state index contributed by atoms with van der Waals surface area (Å²) in [7, 11) is 1.62. The van der Waals surface area contributed by atoms with Gasteiger partial charge in [-0.3, -0.25) is 0 Å². The molecule has 3 rings (SSSR count). The SMILES string of the molecule is COc1ccccc1CNC(=O)NC1CCN(c2ccc(C#N)cn2)CC1. The van der Waals surface area contributed by atoms with Crippen LogP contribution in [-0.2, 0) is 6.54 Å². The molecule has 0 bridgehead atoms. The van der Waals surface area contributed by atoms with E-state index in [0.717, 1.165) is 43.1 Å². The number of carbonyl (C=O) groups is 1. The number of carbonyl (C=O) groups excluding carboxylic acids is 1. The van der Waals surface area contributed by atoms with Crippen molar-refractivity contribution < 1.29 is 9.53 Å². The molecular weight excluding hydrogens is 342 g/mol. The van der Waals surface area contributed by atoms with Crippen molar-refractivity contribution in [3.63, 3.8) is 0 Å². The van der Waals surface area contributed by atoms with E-state index in [1.165, 1.54) is 0 Å². The van der Waals surface area contributed by atoms with Crippen LogP contribution in [0.3, 0.4) is 0 Å². The van der Waals surface area contributed by atoms with Gasteiger partial charge in [0.05, 0.1) is 12.7 Å². The van der Waals surface area contributed by atoms with Crippen molar-refractivity contribution in [1.29, 1.82) is 5.26 Å². The van der Waals surface area contributed by atoms with Crippen LogP contribution in [0.25, 0.3) is 0 Å². The van der Waals surface area contributed by atoms with Crippen molar-refractivity contribution >= 4 is 11.8 Å². The molecule has 2 N–H and O–H groups in total. The first-order valence-corrected chi connectivity index (χ1v) is 8.97. The molecular formula is C20H23N5O2. The van der Waals surface area contributed by atoms with Crippen LogP contribution in [0.5, 0.6) is 5.75 Å². The minimum atomic E-state index is -0.171. The van der Waals surface area contributed by atoms with Crippen molar-refractivity contribution in [2.75, 3.05) is 25.1 Å². The normalized spacial score (nSPS) is 14.3. The summed E-state index contributed by atoms with van der Waals surface area (Å²) in [5.41, 5.74) is 1.50. The van der Waals surface area contributed by atoms with E-state index in [0.29, 0.717) is 12.1 Å². The summed E-state index contributed by atoms with van der Waals surface area (Å²) < 4.78 is 5.30. The molecule has 1 aliphatic heterocycles. The number of para-hydroxylation sites is 1. The van der Waals surface area contributed by atoms with E-state index >= 15 is 0 Å². The van der Waals surface area contributed by atoms with E-state index in [1.807, 2.05) is 30.3 Å². The second-order valence-corrected chi connectivity index (χ2v) is 6.42. The summed E-state index contributed by atoms with van der Waals surface area (Å²) in [5.74, 6) is 1.63. The van der Waals surface area contributed by atoms with Crippen LogP contribution < -0.4 is 20.3 Å². The number of nitriles is 1. The van der Waals surface area contributed by atoms with Crippen molar-refractivity contribution in [3.8, 4) is 11.8 Å². The largest absolute Gasteiger partial charge is 0.496 e. The first-order valence-electron chi connectivity index (χ1n) is 8.97. The second-order valence-electron chi connectivity index (χ2n) is 6.42. The predicted octanol–water partition coefficient (Wildman–Crippen LogP) is 2.43. The highest BCUT2D eigenvalue weighted by molar-refractivity contribution is 5.74. The third kappa shape index (κ3) is 4.88. The van der Waals surface area contributed by atoms with E-state index in [1.54, 1.807) is 19.4 Å². The van der Waals surface area contributed by atoms with Crippen molar-refractivity contribution in [3.05, 3.63) is 53.7 Å². The summed E-state index contributed by atoms with van der Waals surface area (Å²) in [6.07, 6.45) is 3.29. The van der Waals surface area contributed by atoms with Crippen LogP contribution >= 0.6 is 0 Å². The highest BCUT2D eigenvalue weighted by Crippen LogP contribution is 2.19. The Morgan fingerprint density at radius 1 is 1.30 bits per heavy atom. The number of methoxy groups -OCH3 is 1. The molecule has 0 radical (unpaired) electrons. The molecule has 2 amide bonds. The molecule has 7 heteroatoms. The number of urea groups is 1. The van der Waals surface area contributed by atoms with Crippen LogP contribution in [0, 0.1) is 11.3 Å². The van der Waals surface area contributed by atoms with Crippen molar-refractivity contribution in [2.24, 2.45) is 0 Å². The summed E-state index contributed by atoms with van der Waals surface area (Å²) in [4.78, 5) is 18.7. The Labute approximate surface area is 159 Å². The van der Waals surface area contributed by atoms with Gasteiger partial charge >= 0.3 is 6.03 Å². The van der Waals surface area contributed by atoms with Gasteiger partial charge in [0, 0.05) is 37.4 Å². The van der Waals surface area contributed by atoms with Crippen LogP contribution in [0.4, 0.5) is 10.6 Å². The Kier molecular flexibility index (Phi) is 6.10. The fraction of sp³-hybridized carbons (Fsp3) is 0.350. The molecule has 27 heavy (non-hydrogen) atoms. The fourth-order valence-corrected chi connectivity index (χ4v) is 3.15. The predicted molar refractivity (Wildman–Crippen MR) is 103 cm³/mol. The van der Waals surface area contributed by atoms with Gasteiger partial charge in [-0.25, -0.2) is 9.78 Å². The lowest BCUT2D eigenvalue weighted by atomic mass is 10.1. The third-order valence-electron chi connectivity index (χ3n) is 4.66. The van der Waals surface area contributed by atoms with E-state index in [4.69, 9.17) is 10.00 Å². The van der Waals surface area contributed by atoms with Crippen LogP contribution in [0.15, 0.2) is 42.6 Å². The molecule has 140 valence electrons. The fourth-order valence-electron chi connectivity index (χ4n) is 3.15. The number of hydrogen-bond donors (Lipinski definition) is 2. The standard InChI is InChI=1S/C20H23N5O2/c1-27-18-5-3-2-4-16(18)14-23-20(26)24-17-8-10-25(11-9-17)19-7-6-15(12-21)13-22-19/h2-7,13,17H,8-11,14H2,1H3,(H2,23,24,26). The van der Waals surface area contributed by atoms with E-state index < -0.39 is 0 Å². The molecule has 1 aliphatic rings. The van der Waals surface area contributed by atoms with E-state index in [-0.39, 0.29) is 12.1 Å². The number of nitrogens with zero attached hydrogens (tertiary/aromatic N) is 3. The molecule has 0 aliphatic carbocycles. The number of nitrogens with one attached hydrogen (secondary N) is 2. The van der Waals surface area contributed by atoms with Gasteiger partial charge in [0.1, 0.15) is 17.6 Å². The minimum Gasteiger partial charge on any atom is -0.496 e. The number of pyridine rings is 1. The Balaban J connectivity index is 1.44. The maximum atomic E-state index is 12.2. The number of aromatic nitrogens is 1. The number of ether oxygens (including phenoxy) is 1. The third-order valence-corrected chi connectivity index (χ3v) is 4.66. The molecule has 1 fully saturated rings. The van der Waals surface area contributed by atoms with Gasteiger partial charge in [-0.2, -0.15) is 5.26 Å². The monoisotopic (exact) mass is 365 g/mol. The Bertz CT molecular complexity index is 808. The minimum absolute atomic E-state index is 0.136. The molecule has 0 saturated carbocycles. The molecule has 0 spiro atoms. The van der Waals surface area contributed by atoms with Gasteiger partial charge in [0.25, 0.3) is 0 Å². The van der Waals surface area contributed by atoms with Crippen LogP contribution in [0.2, 0.25) is 0 Å². The lowest BCUT2D eigenvalue weighted by molar-refractivity contribution is 0.234. The summed E-state index contributed by atoms with van der Waals surface area (Å²) in [5, 5.41) is 14.8. The molecule has 0 atom stereocenters. The van der Waals surface area contributed by atoms with Gasteiger partial charge < -0.3 is 20.3 Å². The van der Waals surface area contributed by atoms with Crippen LogP contribution in [0.1, 0.15) is 24.0 Å². The summed E-state index contributed by atoms with van der Waals surface area (Å²) in [6, 6.07) is 13.3. The highest BCUT2D eigenvalue weighted by atomic mass is 16.5. The maximum Gasteiger partial charge on any atom is 0.315 e. The number of anilines is 1. The van der Waals surface area contributed by atoms with Gasteiger partial charge in [-0.05, 0) is 31.0 Å². The van der Waals surface area contributed by atoms with Crippen molar-refractivity contribution in [2.45, 2.75) is 25.4 Å². The highest BCUT2D eigenvalue weighted by Gasteiger charge is 2.21. The topological polar surface area (TPSA) is 90.3 Å². The first-order chi connectivity index (χ1) is 13.2. The number of hydrogen-bond acceptors (Lipinski definition) is 5. The smallest absolute Gasteiger partial charge is 0.315 e. The average Bonchev–Trinajstić information content (AvgIpc) is 2.73.